The molecule has 1 aromatic heterocycles. The fourth-order valence-corrected chi connectivity index (χ4v) is 3.59. The molecule has 0 spiro atoms. The number of aromatic nitrogens is 1. The van der Waals surface area contributed by atoms with Crippen molar-refractivity contribution in [1.82, 2.24) is 9.29 Å². The SMILES string of the molecule is CCOCCCNS(=O)(=O)c1ccc(-n2cc(C#N)c(N)c2C(=O)OC)cc1. The summed E-state index contributed by atoms with van der Waals surface area (Å²) in [5.41, 5.74) is 6.44. The van der Waals surface area contributed by atoms with Crippen molar-refractivity contribution in [2.24, 2.45) is 0 Å². The number of benzene rings is 1. The second-order valence-corrected chi connectivity index (χ2v) is 7.49. The molecule has 9 nitrogen and oxygen atoms in total. The summed E-state index contributed by atoms with van der Waals surface area (Å²) >= 11 is 0. The average molecular weight is 406 g/mol. The molecule has 1 heterocycles. The van der Waals surface area contributed by atoms with Gasteiger partial charge in [-0.3, -0.25) is 0 Å². The number of carbonyl (C=O) groups is 1. The van der Waals surface area contributed by atoms with E-state index in [-0.39, 0.29) is 28.4 Å². The van der Waals surface area contributed by atoms with Gasteiger partial charge in [-0.25, -0.2) is 17.9 Å². The minimum absolute atomic E-state index is 0.00186. The molecule has 28 heavy (non-hydrogen) atoms. The molecule has 0 amide bonds. The first-order chi connectivity index (χ1) is 13.4. The number of hydrogen-bond donors (Lipinski definition) is 2. The Kier molecular flexibility index (Phi) is 7.17. The molecule has 150 valence electrons. The molecule has 0 aliphatic rings. The number of sulfonamides is 1. The Bertz CT molecular complexity index is 975. The van der Waals surface area contributed by atoms with Gasteiger partial charge in [0.05, 0.1) is 23.3 Å². The number of ether oxygens (including phenoxy) is 2. The van der Waals surface area contributed by atoms with Gasteiger partial charge in [-0.1, -0.05) is 0 Å². The molecule has 0 atom stereocenters. The van der Waals surface area contributed by atoms with Gasteiger partial charge in [0, 0.05) is 31.6 Å². The van der Waals surface area contributed by atoms with Crippen LogP contribution in [0.4, 0.5) is 5.69 Å². The zero-order valence-electron chi connectivity index (χ0n) is 15.6. The van der Waals surface area contributed by atoms with Crippen LogP contribution in [0.25, 0.3) is 5.69 Å². The monoisotopic (exact) mass is 406 g/mol. The van der Waals surface area contributed by atoms with Gasteiger partial charge in [-0.15, -0.1) is 0 Å². The first-order valence-electron chi connectivity index (χ1n) is 8.52. The number of carbonyl (C=O) groups excluding carboxylic acids is 1. The van der Waals surface area contributed by atoms with Gasteiger partial charge in [0.15, 0.2) is 5.69 Å². The fraction of sp³-hybridized carbons (Fsp3) is 0.333. The van der Waals surface area contributed by atoms with E-state index in [4.69, 9.17) is 20.5 Å². The Balaban J connectivity index is 2.26. The second kappa shape index (κ2) is 9.36. The van der Waals surface area contributed by atoms with Crippen LogP contribution in [0.3, 0.4) is 0 Å². The van der Waals surface area contributed by atoms with Crippen LogP contribution in [0.2, 0.25) is 0 Å². The van der Waals surface area contributed by atoms with Crippen LogP contribution in [-0.2, 0) is 19.5 Å². The lowest BCUT2D eigenvalue weighted by Gasteiger charge is -2.10. The minimum Gasteiger partial charge on any atom is -0.464 e. The first-order valence-corrected chi connectivity index (χ1v) is 10.0. The third-order valence-corrected chi connectivity index (χ3v) is 5.41. The summed E-state index contributed by atoms with van der Waals surface area (Å²) in [5.74, 6) is -0.702. The van der Waals surface area contributed by atoms with E-state index in [1.165, 1.54) is 42.1 Å². The van der Waals surface area contributed by atoms with E-state index in [0.29, 0.717) is 25.3 Å². The van der Waals surface area contributed by atoms with E-state index in [1.807, 2.05) is 13.0 Å². The lowest BCUT2D eigenvalue weighted by atomic mass is 10.2. The number of methoxy groups -OCH3 is 1. The number of anilines is 1. The lowest BCUT2D eigenvalue weighted by molar-refractivity contribution is 0.0593. The first kappa shape index (κ1) is 21.4. The molecule has 10 heteroatoms. The summed E-state index contributed by atoms with van der Waals surface area (Å²) in [6.07, 6.45) is 1.96. The highest BCUT2D eigenvalue weighted by atomic mass is 32.2. The molecule has 3 N–H and O–H groups in total. The molecule has 0 saturated heterocycles. The summed E-state index contributed by atoms with van der Waals surface area (Å²) in [5, 5.41) is 9.15. The van der Waals surface area contributed by atoms with Crippen molar-refractivity contribution in [2.45, 2.75) is 18.2 Å². The van der Waals surface area contributed by atoms with Crippen molar-refractivity contribution in [3.05, 3.63) is 41.7 Å². The van der Waals surface area contributed by atoms with Gasteiger partial charge in [0.25, 0.3) is 0 Å². The number of nitrogen functional groups attached to an aromatic ring is 1. The maximum absolute atomic E-state index is 12.3. The zero-order valence-corrected chi connectivity index (χ0v) is 16.5. The van der Waals surface area contributed by atoms with Crippen LogP contribution >= 0.6 is 0 Å². The number of rotatable bonds is 9. The number of hydrogen-bond acceptors (Lipinski definition) is 7. The quantitative estimate of drug-likeness (QED) is 0.475. The molecule has 0 bridgehead atoms. The molecule has 0 unspecified atom stereocenters. The van der Waals surface area contributed by atoms with Gasteiger partial charge in [-0.2, -0.15) is 5.26 Å². The van der Waals surface area contributed by atoms with Crippen molar-refractivity contribution in [3.8, 4) is 11.8 Å². The van der Waals surface area contributed by atoms with E-state index in [0.717, 1.165) is 0 Å². The lowest BCUT2D eigenvalue weighted by Crippen LogP contribution is -2.25. The molecule has 0 saturated carbocycles. The van der Waals surface area contributed by atoms with E-state index >= 15 is 0 Å². The Hall–Kier alpha value is -2.87. The molecule has 1 aromatic carbocycles. The third kappa shape index (κ3) is 4.69. The molecular weight excluding hydrogens is 384 g/mol. The minimum atomic E-state index is -3.67. The van der Waals surface area contributed by atoms with E-state index < -0.39 is 16.0 Å². The highest BCUT2D eigenvalue weighted by Gasteiger charge is 2.22. The molecule has 0 radical (unpaired) electrons. The summed E-state index contributed by atoms with van der Waals surface area (Å²) in [4.78, 5) is 12.1. The highest BCUT2D eigenvalue weighted by molar-refractivity contribution is 7.89. The van der Waals surface area contributed by atoms with Crippen molar-refractivity contribution >= 4 is 21.7 Å². The van der Waals surface area contributed by atoms with Crippen LogP contribution in [0.1, 0.15) is 29.4 Å². The maximum Gasteiger partial charge on any atom is 0.357 e. The third-order valence-electron chi connectivity index (χ3n) is 3.93. The topological polar surface area (TPSA) is 136 Å². The number of nitriles is 1. The van der Waals surface area contributed by atoms with E-state index in [2.05, 4.69) is 4.72 Å². The highest BCUT2D eigenvalue weighted by Crippen LogP contribution is 2.25. The molecule has 2 aromatic rings. The van der Waals surface area contributed by atoms with Crippen molar-refractivity contribution in [3.63, 3.8) is 0 Å². The van der Waals surface area contributed by atoms with Gasteiger partial charge >= 0.3 is 5.97 Å². The summed E-state index contributed by atoms with van der Waals surface area (Å²) in [6.45, 7) is 3.19. The largest absolute Gasteiger partial charge is 0.464 e. The fourth-order valence-electron chi connectivity index (χ4n) is 2.51. The normalized spacial score (nSPS) is 11.2. The van der Waals surface area contributed by atoms with Crippen molar-refractivity contribution < 1.29 is 22.7 Å². The van der Waals surface area contributed by atoms with Gasteiger partial charge in [-0.05, 0) is 37.6 Å². The smallest absolute Gasteiger partial charge is 0.357 e. The van der Waals surface area contributed by atoms with Crippen molar-refractivity contribution in [2.75, 3.05) is 32.6 Å². The van der Waals surface area contributed by atoms with Gasteiger partial charge in [0.2, 0.25) is 10.0 Å². The zero-order chi connectivity index (χ0) is 20.7. The number of nitrogens with one attached hydrogen (secondary N) is 1. The Morgan fingerprint density at radius 2 is 2.00 bits per heavy atom. The summed E-state index contributed by atoms with van der Waals surface area (Å²) < 4.78 is 38.5. The van der Waals surface area contributed by atoms with Gasteiger partial charge in [0.1, 0.15) is 6.07 Å². The number of nitrogens with two attached hydrogens (primary N) is 1. The second-order valence-electron chi connectivity index (χ2n) is 5.72. The molecule has 0 aliphatic heterocycles. The van der Waals surface area contributed by atoms with E-state index in [1.54, 1.807) is 0 Å². The number of esters is 1. The van der Waals surface area contributed by atoms with Crippen LogP contribution in [0.15, 0.2) is 35.4 Å². The molecule has 0 fully saturated rings. The molecule has 2 rings (SSSR count). The van der Waals surface area contributed by atoms with Crippen LogP contribution in [-0.4, -0.2) is 45.8 Å². The summed E-state index contributed by atoms with van der Waals surface area (Å²) in [7, 11) is -2.46. The van der Waals surface area contributed by atoms with Crippen molar-refractivity contribution in [1.29, 1.82) is 5.26 Å². The Labute approximate surface area is 163 Å². The Morgan fingerprint density at radius 3 is 2.57 bits per heavy atom. The summed E-state index contributed by atoms with van der Waals surface area (Å²) in [6, 6.07) is 7.75. The predicted octanol–water partition coefficient (Wildman–Crippen LogP) is 1.42. The predicted molar refractivity (Wildman–Crippen MR) is 103 cm³/mol. The Morgan fingerprint density at radius 1 is 1.32 bits per heavy atom. The van der Waals surface area contributed by atoms with Crippen LogP contribution in [0, 0.1) is 11.3 Å². The maximum atomic E-state index is 12.3. The van der Waals surface area contributed by atoms with E-state index in [9.17, 15) is 13.2 Å². The average Bonchev–Trinajstić information content (AvgIpc) is 3.03. The van der Waals surface area contributed by atoms with Gasteiger partial charge < -0.3 is 19.8 Å². The van der Waals surface area contributed by atoms with Crippen LogP contribution < -0.4 is 10.5 Å². The standard InChI is InChI=1S/C18H22N4O5S/c1-3-27-10-4-9-21-28(24,25)15-7-5-14(6-8-15)22-12-13(11-19)16(20)17(22)18(23)26-2/h5-8,12,21H,3-4,9-10,20H2,1-2H3. The molecule has 0 aliphatic carbocycles. The van der Waals surface area contributed by atoms with Crippen LogP contribution in [0.5, 0.6) is 0 Å². The number of nitrogens with zero attached hydrogens (tertiary/aromatic N) is 2. The molecular formula is C18H22N4O5S.